The quantitative estimate of drug-likeness (QED) is 0.635. The predicted molar refractivity (Wildman–Crippen MR) is 113 cm³/mol. The number of likely N-dealkylation sites (tertiary alicyclic amines) is 2. The van der Waals surface area contributed by atoms with Crippen molar-refractivity contribution in [3.05, 3.63) is 72.1 Å². The number of rotatable bonds is 5. The van der Waals surface area contributed by atoms with Gasteiger partial charge in [-0.25, -0.2) is 4.68 Å². The summed E-state index contributed by atoms with van der Waals surface area (Å²) in [4.78, 5) is 30.0. The van der Waals surface area contributed by atoms with Gasteiger partial charge in [0.2, 0.25) is 5.91 Å². The first-order chi connectivity index (χ1) is 15.1. The van der Waals surface area contributed by atoms with Crippen LogP contribution in [-0.4, -0.2) is 68.0 Å². The van der Waals surface area contributed by atoms with Gasteiger partial charge in [-0.2, -0.15) is 0 Å². The molecule has 2 amide bonds. The van der Waals surface area contributed by atoms with E-state index in [1.165, 1.54) is 11.9 Å². The van der Waals surface area contributed by atoms with Gasteiger partial charge < -0.3 is 9.80 Å². The summed E-state index contributed by atoms with van der Waals surface area (Å²) < 4.78 is 1.54. The molecule has 1 aromatic heterocycles. The standard InChI is InChI=1S/C23H24N6O2/c30-21(19-6-8-20(9-7-19)29-17-24-25-26-29)28-15-12-23(16-28)11-14-27(22(23)31)13-10-18-4-2-1-3-5-18/h1-9,17H,10-16H2. The summed E-state index contributed by atoms with van der Waals surface area (Å²) in [7, 11) is 0. The molecule has 1 unspecified atom stereocenters. The molecule has 0 N–H and O–H groups in total. The van der Waals surface area contributed by atoms with Crippen molar-refractivity contribution in [3.8, 4) is 5.69 Å². The first-order valence-corrected chi connectivity index (χ1v) is 10.6. The molecule has 8 nitrogen and oxygen atoms in total. The Morgan fingerprint density at radius 1 is 1.00 bits per heavy atom. The van der Waals surface area contributed by atoms with Crippen LogP contribution in [0, 0.1) is 5.41 Å². The molecule has 2 aliphatic rings. The number of benzene rings is 2. The number of nitrogens with zero attached hydrogens (tertiary/aromatic N) is 6. The fourth-order valence-corrected chi connectivity index (χ4v) is 4.66. The number of tetrazole rings is 1. The van der Waals surface area contributed by atoms with Gasteiger partial charge in [-0.05, 0) is 59.5 Å². The van der Waals surface area contributed by atoms with Crippen LogP contribution in [0.25, 0.3) is 5.69 Å². The number of hydrogen-bond acceptors (Lipinski definition) is 5. The Bertz CT molecular complexity index is 1070. The number of hydrogen-bond donors (Lipinski definition) is 0. The van der Waals surface area contributed by atoms with Crippen LogP contribution in [0.5, 0.6) is 0 Å². The first kappa shape index (κ1) is 19.4. The summed E-state index contributed by atoms with van der Waals surface area (Å²) in [5.74, 6) is 0.170. The van der Waals surface area contributed by atoms with Crippen molar-refractivity contribution in [2.75, 3.05) is 26.2 Å². The molecule has 1 atom stereocenters. The first-order valence-electron chi connectivity index (χ1n) is 10.6. The zero-order valence-electron chi connectivity index (χ0n) is 17.2. The molecule has 2 aliphatic heterocycles. The SMILES string of the molecule is O=C(c1ccc(-n2cnnn2)cc1)N1CCC2(CCN(CCc3ccccc3)C2=O)C1. The molecule has 0 bridgehead atoms. The van der Waals surface area contributed by atoms with Gasteiger partial charge in [0.1, 0.15) is 6.33 Å². The third kappa shape index (κ3) is 3.69. The lowest BCUT2D eigenvalue weighted by Crippen LogP contribution is -2.39. The van der Waals surface area contributed by atoms with Crippen LogP contribution in [-0.2, 0) is 11.2 Å². The second kappa shape index (κ2) is 7.94. The Morgan fingerprint density at radius 2 is 1.77 bits per heavy atom. The zero-order chi connectivity index (χ0) is 21.3. The molecule has 2 saturated heterocycles. The average Bonchev–Trinajstić information content (AvgIpc) is 3.56. The van der Waals surface area contributed by atoms with Gasteiger partial charge in [0.15, 0.2) is 0 Å². The number of carbonyl (C=O) groups is 2. The van der Waals surface area contributed by atoms with Crippen LogP contribution < -0.4 is 0 Å². The average molecular weight is 416 g/mol. The molecule has 31 heavy (non-hydrogen) atoms. The van der Waals surface area contributed by atoms with Crippen LogP contribution >= 0.6 is 0 Å². The summed E-state index contributed by atoms with van der Waals surface area (Å²) >= 11 is 0. The third-order valence-corrected chi connectivity index (χ3v) is 6.48. The van der Waals surface area contributed by atoms with Crippen molar-refractivity contribution in [3.63, 3.8) is 0 Å². The maximum atomic E-state index is 13.2. The number of amides is 2. The van der Waals surface area contributed by atoms with Crippen LogP contribution in [0.3, 0.4) is 0 Å². The van der Waals surface area contributed by atoms with E-state index in [9.17, 15) is 9.59 Å². The van der Waals surface area contributed by atoms with Crippen molar-refractivity contribution in [2.24, 2.45) is 5.41 Å². The van der Waals surface area contributed by atoms with Crippen molar-refractivity contribution >= 4 is 11.8 Å². The lowest BCUT2D eigenvalue weighted by Gasteiger charge is -2.24. The van der Waals surface area contributed by atoms with Gasteiger partial charge in [0.05, 0.1) is 11.1 Å². The van der Waals surface area contributed by atoms with E-state index < -0.39 is 5.41 Å². The molecule has 1 spiro atoms. The van der Waals surface area contributed by atoms with Gasteiger partial charge in [-0.1, -0.05) is 30.3 Å². The lowest BCUT2D eigenvalue weighted by molar-refractivity contribution is -0.135. The molecule has 2 aromatic carbocycles. The second-order valence-electron chi connectivity index (χ2n) is 8.34. The van der Waals surface area contributed by atoms with Gasteiger partial charge in [0, 0.05) is 31.7 Å². The van der Waals surface area contributed by atoms with Gasteiger partial charge in [-0.3, -0.25) is 9.59 Å². The van der Waals surface area contributed by atoms with E-state index in [1.807, 2.05) is 40.1 Å². The highest BCUT2D eigenvalue weighted by Crippen LogP contribution is 2.41. The molecular formula is C23H24N6O2. The Kier molecular flexibility index (Phi) is 4.97. The molecule has 8 heteroatoms. The molecule has 3 heterocycles. The summed E-state index contributed by atoms with van der Waals surface area (Å²) in [6.07, 6.45) is 3.93. The van der Waals surface area contributed by atoms with E-state index in [-0.39, 0.29) is 11.8 Å². The summed E-state index contributed by atoms with van der Waals surface area (Å²) in [6.45, 7) is 2.62. The minimum Gasteiger partial charge on any atom is -0.342 e. The molecule has 2 fully saturated rings. The maximum absolute atomic E-state index is 13.2. The van der Waals surface area contributed by atoms with Crippen molar-refractivity contribution in [1.82, 2.24) is 30.0 Å². The minimum absolute atomic E-state index is 0.0318. The Hall–Kier alpha value is -3.55. The van der Waals surface area contributed by atoms with E-state index >= 15 is 0 Å². The molecule has 3 aromatic rings. The predicted octanol–water partition coefficient (Wildman–Crippen LogP) is 1.97. The maximum Gasteiger partial charge on any atom is 0.253 e. The fourth-order valence-electron chi connectivity index (χ4n) is 4.66. The molecule has 0 radical (unpaired) electrons. The van der Waals surface area contributed by atoms with E-state index in [0.717, 1.165) is 38.0 Å². The number of aromatic nitrogens is 4. The van der Waals surface area contributed by atoms with E-state index in [4.69, 9.17) is 0 Å². The van der Waals surface area contributed by atoms with Crippen LogP contribution in [0.15, 0.2) is 60.9 Å². The minimum atomic E-state index is -0.418. The van der Waals surface area contributed by atoms with Crippen molar-refractivity contribution < 1.29 is 9.59 Å². The van der Waals surface area contributed by atoms with Crippen LogP contribution in [0.1, 0.15) is 28.8 Å². The Morgan fingerprint density at radius 3 is 2.52 bits per heavy atom. The fraction of sp³-hybridized carbons (Fsp3) is 0.348. The normalized spacial score (nSPS) is 20.7. The van der Waals surface area contributed by atoms with Crippen molar-refractivity contribution in [1.29, 1.82) is 0 Å². The molecule has 0 aliphatic carbocycles. The third-order valence-electron chi connectivity index (χ3n) is 6.48. The molecular weight excluding hydrogens is 392 g/mol. The van der Waals surface area contributed by atoms with Gasteiger partial charge >= 0.3 is 0 Å². The summed E-state index contributed by atoms with van der Waals surface area (Å²) in [6, 6.07) is 17.5. The monoisotopic (exact) mass is 416 g/mol. The molecule has 0 saturated carbocycles. The highest BCUT2D eigenvalue weighted by Gasteiger charge is 2.51. The molecule has 5 rings (SSSR count). The van der Waals surface area contributed by atoms with Crippen LogP contribution in [0.4, 0.5) is 0 Å². The highest BCUT2D eigenvalue weighted by atomic mass is 16.2. The van der Waals surface area contributed by atoms with E-state index in [2.05, 4.69) is 27.7 Å². The van der Waals surface area contributed by atoms with Crippen LogP contribution in [0.2, 0.25) is 0 Å². The topological polar surface area (TPSA) is 84.2 Å². The Labute approximate surface area is 180 Å². The second-order valence-corrected chi connectivity index (χ2v) is 8.34. The largest absolute Gasteiger partial charge is 0.342 e. The lowest BCUT2D eigenvalue weighted by atomic mass is 9.85. The van der Waals surface area contributed by atoms with E-state index in [0.29, 0.717) is 18.7 Å². The van der Waals surface area contributed by atoms with Gasteiger partial charge in [-0.15, -0.1) is 5.10 Å². The summed E-state index contributed by atoms with van der Waals surface area (Å²) in [5.41, 5.74) is 2.22. The van der Waals surface area contributed by atoms with Gasteiger partial charge in [0.25, 0.3) is 5.91 Å². The number of carbonyl (C=O) groups excluding carboxylic acids is 2. The smallest absolute Gasteiger partial charge is 0.253 e. The Balaban J connectivity index is 1.22. The van der Waals surface area contributed by atoms with E-state index in [1.54, 1.807) is 16.8 Å². The summed E-state index contributed by atoms with van der Waals surface area (Å²) in [5, 5.41) is 11.1. The molecule has 158 valence electrons. The zero-order valence-corrected chi connectivity index (χ0v) is 17.2. The highest BCUT2D eigenvalue weighted by molar-refractivity contribution is 5.96. The van der Waals surface area contributed by atoms with Crippen molar-refractivity contribution in [2.45, 2.75) is 19.3 Å².